The summed E-state index contributed by atoms with van der Waals surface area (Å²) in [7, 11) is 0. The van der Waals surface area contributed by atoms with Crippen molar-refractivity contribution in [2.75, 3.05) is 11.4 Å². The van der Waals surface area contributed by atoms with Crippen LogP contribution in [0.1, 0.15) is 16.7 Å². The summed E-state index contributed by atoms with van der Waals surface area (Å²) in [5.74, 6) is -0.764. The molecule has 3 heteroatoms. The molecule has 102 valence electrons. The normalized spacial score (nSPS) is 13.3. The second kappa shape index (κ2) is 5.37. The second-order valence-corrected chi connectivity index (χ2v) is 5.14. The molecule has 0 aromatic heterocycles. The maximum atomic E-state index is 10.9. The third-order valence-corrected chi connectivity index (χ3v) is 3.78. The van der Waals surface area contributed by atoms with E-state index in [-0.39, 0.29) is 6.42 Å². The first-order valence-corrected chi connectivity index (χ1v) is 6.85. The number of carboxylic acid groups (broad SMARTS) is 1. The van der Waals surface area contributed by atoms with Gasteiger partial charge in [-0.05, 0) is 29.2 Å². The Labute approximate surface area is 118 Å². The van der Waals surface area contributed by atoms with E-state index in [4.69, 9.17) is 5.11 Å². The van der Waals surface area contributed by atoms with Crippen LogP contribution in [0.4, 0.5) is 5.69 Å². The highest BCUT2D eigenvalue weighted by molar-refractivity contribution is 5.73. The second-order valence-electron chi connectivity index (χ2n) is 5.14. The van der Waals surface area contributed by atoms with Gasteiger partial charge in [0.1, 0.15) is 0 Å². The molecule has 0 bridgehead atoms. The lowest BCUT2D eigenvalue weighted by Gasteiger charge is -2.19. The van der Waals surface area contributed by atoms with Crippen molar-refractivity contribution in [1.29, 1.82) is 0 Å². The molecule has 1 aliphatic rings. The predicted octanol–water partition coefficient (Wildman–Crippen LogP) is 2.88. The summed E-state index contributed by atoms with van der Waals surface area (Å²) in [5.41, 5.74) is 4.62. The first-order valence-electron chi connectivity index (χ1n) is 6.85. The number of hydrogen-bond acceptors (Lipinski definition) is 2. The van der Waals surface area contributed by atoms with E-state index in [1.54, 1.807) is 0 Å². The van der Waals surface area contributed by atoms with Crippen LogP contribution in [0.25, 0.3) is 0 Å². The average Bonchev–Trinajstić information content (AvgIpc) is 2.84. The fourth-order valence-electron chi connectivity index (χ4n) is 2.87. The van der Waals surface area contributed by atoms with E-state index < -0.39 is 5.97 Å². The van der Waals surface area contributed by atoms with Crippen LogP contribution in [0.2, 0.25) is 0 Å². The predicted molar refractivity (Wildman–Crippen MR) is 79.0 cm³/mol. The quantitative estimate of drug-likeness (QED) is 0.926. The maximum Gasteiger partial charge on any atom is 0.307 e. The van der Waals surface area contributed by atoms with Gasteiger partial charge in [-0.15, -0.1) is 0 Å². The van der Waals surface area contributed by atoms with Crippen molar-refractivity contribution in [3.05, 3.63) is 65.2 Å². The van der Waals surface area contributed by atoms with Gasteiger partial charge in [-0.25, -0.2) is 0 Å². The molecule has 3 nitrogen and oxygen atoms in total. The number of carbonyl (C=O) groups is 1. The number of aliphatic carboxylic acids is 1. The molecule has 0 radical (unpaired) electrons. The van der Waals surface area contributed by atoms with Crippen molar-refractivity contribution in [2.24, 2.45) is 0 Å². The van der Waals surface area contributed by atoms with Crippen LogP contribution in [-0.4, -0.2) is 17.6 Å². The lowest BCUT2D eigenvalue weighted by molar-refractivity contribution is -0.136. The molecule has 20 heavy (non-hydrogen) atoms. The SMILES string of the molecule is O=C(O)Cc1cccc2c1CCN2Cc1ccccc1. The van der Waals surface area contributed by atoms with Crippen LogP contribution >= 0.6 is 0 Å². The highest BCUT2D eigenvalue weighted by atomic mass is 16.4. The van der Waals surface area contributed by atoms with Gasteiger partial charge in [0.25, 0.3) is 0 Å². The van der Waals surface area contributed by atoms with E-state index in [0.717, 1.165) is 25.1 Å². The van der Waals surface area contributed by atoms with E-state index in [1.165, 1.54) is 16.8 Å². The van der Waals surface area contributed by atoms with Gasteiger partial charge in [-0.1, -0.05) is 42.5 Å². The Morgan fingerprint density at radius 2 is 1.90 bits per heavy atom. The molecule has 0 saturated carbocycles. The van der Waals surface area contributed by atoms with Gasteiger partial charge in [0.05, 0.1) is 6.42 Å². The smallest absolute Gasteiger partial charge is 0.307 e. The topological polar surface area (TPSA) is 40.5 Å². The van der Waals surface area contributed by atoms with E-state index in [2.05, 4.69) is 23.1 Å². The van der Waals surface area contributed by atoms with Gasteiger partial charge in [0, 0.05) is 18.8 Å². The van der Waals surface area contributed by atoms with Crippen LogP contribution in [0.3, 0.4) is 0 Å². The molecule has 0 fully saturated rings. The number of hydrogen-bond donors (Lipinski definition) is 1. The number of fused-ring (bicyclic) bond motifs is 1. The summed E-state index contributed by atoms with van der Waals surface area (Å²) in [6.45, 7) is 1.84. The van der Waals surface area contributed by atoms with Crippen molar-refractivity contribution in [2.45, 2.75) is 19.4 Å². The van der Waals surface area contributed by atoms with Crippen LogP contribution in [0.15, 0.2) is 48.5 Å². The zero-order valence-corrected chi connectivity index (χ0v) is 11.2. The summed E-state index contributed by atoms with van der Waals surface area (Å²) in [6.07, 6.45) is 1.05. The summed E-state index contributed by atoms with van der Waals surface area (Å²) in [5, 5.41) is 8.99. The largest absolute Gasteiger partial charge is 0.481 e. The lowest BCUT2D eigenvalue weighted by atomic mass is 10.0. The van der Waals surface area contributed by atoms with Crippen molar-refractivity contribution >= 4 is 11.7 Å². The van der Waals surface area contributed by atoms with E-state index in [9.17, 15) is 4.79 Å². The fourth-order valence-corrected chi connectivity index (χ4v) is 2.87. The Balaban J connectivity index is 1.85. The Bertz CT molecular complexity index is 622. The molecule has 1 aliphatic heterocycles. The Morgan fingerprint density at radius 1 is 1.10 bits per heavy atom. The fraction of sp³-hybridized carbons (Fsp3) is 0.235. The van der Waals surface area contributed by atoms with Crippen molar-refractivity contribution in [3.8, 4) is 0 Å². The van der Waals surface area contributed by atoms with Gasteiger partial charge in [-0.2, -0.15) is 0 Å². The van der Waals surface area contributed by atoms with Gasteiger partial charge in [-0.3, -0.25) is 4.79 Å². The molecular formula is C17H17NO2. The number of benzene rings is 2. The maximum absolute atomic E-state index is 10.9. The summed E-state index contributed by atoms with van der Waals surface area (Å²) >= 11 is 0. The molecule has 0 atom stereocenters. The summed E-state index contributed by atoms with van der Waals surface area (Å²) in [4.78, 5) is 13.3. The average molecular weight is 267 g/mol. The monoisotopic (exact) mass is 267 g/mol. The third kappa shape index (κ3) is 2.52. The molecule has 1 heterocycles. The molecular weight excluding hydrogens is 250 g/mol. The summed E-state index contributed by atoms with van der Waals surface area (Å²) in [6, 6.07) is 16.3. The standard InChI is InChI=1S/C17H17NO2/c19-17(20)11-14-7-4-8-16-15(14)9-10-18(16)12-13-5-2-1-3-6-13/h1-8H,9-12H2,(H,19,20). The molecule has 3 rings (SSSR count). The minimum absolute atomic E-state index is 0.113. The molecule has 0 amide bonds. The Morgan fingerprint density at radius 3 is 2.65 bits per heavy atom. The van der Waals surface area contributed by atoms with Crippen LogP contribution in [0.5, 0.6) is 0 Å². The Hall–Kier alpha value is -2.29. The van der Waals surface area contributed by atoms with Crippen molar-refractivity contribution < 1.29 is 9.90 Å². The molecule has 2 aromatic rings. The number of carboxylic acids is 1. The van der Waals surface area contributed by atoms with E-state index in [1.807, 2.05) is 30.3 Å². The summed E-state index contributed by atoms with van der Waals surface area (Å²) < 4.78 is 0. The van der Waals surface area contributed by atoms with Gasteiger partial charge in [0.2, 0.25) is 0 Å². The Kier molecular flexibility index (Phi) is 3.42. The van der Waals surface area contributed by atoms with Crippen LogP contribution in [0, 0.1) is 0 Å². The zero-order chi connectivity index (χ0) is 13.9. The van der Waals surface area contributed by atoms with Crippen molar-refractivity contribution in [3.63, 3.8) is 0 Å². The van der Waals surface area contributed by atoms with Gasteiger partial charge in [0.15, 0.2) is 0 Å². The minimum Gasteiger partial charge on any atom is -0.481 e. The molecule has 0 aliphatic carbocycles. The van der Waals surface area contributed by atoms with Crippen LogP contribution in [-0.2, 0) is 24.2 Å². The van der Waals surface area contributed by atoms with Crippen molar-refractivity contribution in [1.82, 2.24) is 0 Å². The molecule has 0 spiro atoms. The molecule has 2 aromatic carbocycles. The number of nitrogens with zero attached hydrogens (tertiary/aromatic N) is 1. The lowest BCUT2D eigenvalue weighted by Crippen LogP contribution is -2.19. The first-order chi connectivity index (χ1) is 9.74. The van der Waals surface area contributed by atoms with E-state index in [0.29, 0.717) is 0 Å². The molecule has 0 saturated heterocycles. The van der Waals surface area contributed by atoms with Gasteiger partial charge >= 0.3 is 5.97 Å². The highest BCUT2D eigenvalue weighted by Crippen LogP contribution is 2.32. The van der Waals surface area contributed by atoms with Gasteiger partial charge < -0.3 is 10.0 Å². The molecule has 0 unspecified atom stereocenters. The highest BCUT2D eigenvalue weighted by Gasteiger charge is 2.22. The third-order valence-electron chi connectivity index (χ3n) is 3.78. The number of rotatable bonds is 4. The number of anilines is 1. The zero-order valence-electron chi connectivity index (χ0n) is 11.2. The molecule has 1 N–H and O–H groups in total. The van der Waals surface area contributed by atoms with Crippen LogP contribution < -0.4 is 4.90 Å². The first kappa shape index (κ1) is 12.7. The minimum atomic E-state index is -0.764. The van der Waals surface area contributed by atoms with E-state index >= 15 is 0 Å².